The van der Waals surface area contributed by atoms with Gasteiger partial charge in [0.25, 0.3) is 0 Å². The molecule has 2 aliphatic heterocycles. The second-order valence-electron chi connectivity index (χ2n) is 7.53. The van der Waals surface area contributed by atoms with E-state index in [-0.39, 0.29) is 6.29 Å². The number of anilines is 1. The quantitative estimate of drug-likeness (QED) is 0.630. The number of piperidine rings is 1. The third-order valence-electron chi connectivity index (χ3n) is 5.69. The van der Waals surface area contributed by atoms with Crippen LogP contribution in [0.25, 0.3) is 21.3 Å². The van der Waals surface area contributed by atoms with Gasteiger partial charge in [-0.05, 0) is 18.4 Å². The average Bonchev–Trinajstić information content (AvgIpc) is 3.45. The van der Waals surface area contributed by atoms with Crippen molar-refractivity contribution in [3.05, 3.63) is 41.5 Å². The number of fused-ring (bicyclic) bond motifs is 1. The van der Waals surface area contributed by atoms with Crippen molar-refractivity contribution < 1.29 is 14.2 Å². The largest absolute Gasteiger partial charge is 0.377 e. The maximum Gasteiger partial charge on any atom is 0.160 e. The van der Waals surface area contributed by atoms with E-state index in [9.17, 15) is 0 Å². The zero-order chi connectivity index (χ0) is 19.6. The van der Waals surface area contributed by atoms with E-state index in [1.54, 1.807) is 18.4 Å². The fraction of sp³-hybridized carbons (Fsp3) is 0.455. The standard InChI is InChI=1S/C22H25N3O3S/c1-26-13-18-23-20(25-9-7-16(8-10-25)22-27-11-12-28-22)19-17(14-29-21(19)24-18)15-5-3-2-4-6-15/h2-6,14,16,22H,7-13H2,1H3. The molecule has 2 fully saturated rings. The van der Waals surface area contributed by atoms with Crippen molar-refractivity contribution in [2.45, 2.75) is 25.7 Å². The molecule has 0 aliphatic carbocycles. The molecule has 7 heteroatoms. The molecule has 0 spiro atoms. The highest BCUT2D eigenvalue weighted by molar-refractivity contribution is 7.17. The predicted molar refractivity (Wildman–Crippen MR) is 114 cm³/mol. The molecule has 152 valence electrons. The van der Waals surface area contributed by atoms with Gasteiger partial charge in [-0.3, -0.25) is 0 Å². The Labute approximate surface area is 174 Å². The van der Waals surface area contributed by atoms with Crippen LogP contribution in [-0.2, 0) is 20.8 Å². The Kier molecular flexibility index (Phi) is 5.46. The molecule has 3 aromatic rings. The van der Waals surface area contributed by atoms with Crippen molar-refractivity contribution in [3.63, 3.8) is 0 Å². The first kappa shape index (κ1) is 18.9. The number of nitrogens with zero attached hydrogens (tertiary/aromatic N) is 3. The van der Waals surface area contributed by atoms with Gasteiger partial charge in [0.1, 0.15) is 17.3 Å². The summed E-state index contributed by atoms with van der Waals surface area (Å²) in [4.78, 5) is 13.1. The molecule has 0 bridgehead atoms. The molecule has 0 unspecified atom stereocenters. The number of thiophene rings is 1. The summed E-state index contributed by atoms with van der Waals surface area (Å²) < 4.78 is 16.8. The molecule has 1 aromatic carbocycles. The van der Waals surface area contributed by atoms with Gasteiger partial charge in [0.2, 0.25) is 0 Å². The van der Waals surface area contributed by atoms with Crippen molar-refractivity contribution >= 4 is 27.4 Å². The van der Waals surface area contributed by atoms with Gasteiger partial charge in [0.15, 0.2) is 12.1 Å². The van der Waals surface area contributed by atoms with Crippen molar-refractivity contribution in [1.29, 1.82) is 0 Å². The lowest BCUT2D eigenvalue weighted by Crippen LogP contribution is -2.38. The molecule has 6 nitrogen and oxygen atoms in total. The third kappa shape index (κ3) is 3.75. The van der Waals surface area contributed by atoms with Crippen LogP contribution in [0.1, 0.15) is 18.7 Å². The molecule has 0 N–H and O–H groups in total. The van der Waals surface area contributed by atoms with Gasteiger partial charge in [-0.15, -0.1) is 11.3 Å². The summed E-state index contributed by atoms with van der Waals surface area (Å²) in [5, 5.41) is 3.34. The van der Waals surface area contributed by atoms with Crippen LogP contribution < -0.4 is 4.90 Å². The van der Waals surface area contributed by atoms with Gasteiger partial charge >= 0.3 is 0 Å². The van der Waals surface area contributed by atoms with E-state index in [0.29, 0.717) is 25.7 Å². The molecule has 0 radical (unpaired) electrons. The van der Waals surface area contributed by atoms with Crippen molar-refractivity contribution in [2.75, 3.05) is 38.3 Å². The Morgan fingerprint density at radius 1 is 1.10 bits per heavy atom. The minimum atomic E-state index is -0.0346. The summed E-state index contributed by atoms with van der Waals surface area (Å²) in [7, 11) is 1.68. The summed E-state index contributed by atoms with van der Waals surface area (Å²) in [6.45, 7) is 3.73. The fourth-order valence-electron chi connectivity index (χ4n) is 4.25. The Bertz CT molecular complexity index is 964. The first-order valence-corrected chi connectivity index (χ1v) is 11.0. The van der Waals surface area contributed by atoms with Crippen LogP contribution in [0.2, 0.25) is 0 Å². The van der Waals surface area contributed by atoms with Crippen LogP contribution in [0.15, 0.2) is 35.7 Å². The lowest BCUT2D eigenvalue weighted by atomic mass is 9.95. The van der Waals surface area contributed by atoms with Crippen molar-refractivity contribution in [1.82, 2.24) is 9.97 Å². The van der Waals surface area contributed by atoms with Crippen LogP contribution >= 0.6 is 11.3 Å². The zero-order valence-electron chi connectivity index (χ0n) is 16.5. The van der Waals surface area contributed by atoms with Gasteiger partial charge in [-0.2, -0.15) is 0 Å². The highest BCUT2D eigenvalue weighted by atomic mass is 32.1. The molecule has 4 heterocycles. The van der Waals surface area contributed by atoms with Crippen LogP contribution in [0.4, 0.5) is 5.82 Å². The second kappa shape index (κ2) is 8.36. The fourth-order valence-corrected chi connectivity index (χ4v) is 5.21. The summed E-state index contributed by atoms with van der Waals surface area (Å²) in [5.74, 6) is 2.22. The van der Waals surface area contributed by atoms with Gasteiger partial charge in [-0.1, -0.05) is 30.3 Å². The van der Waals surface area contributed by atoms with Crippen LogP contribution in [0, 0.1) is 5.92 Å². The van der Waals surface area contributed by atoms with Gasteiger partial charge < -0.3 is 19.1 Å². The lowest BCUT2D eigenvalue weighted by molar-refractivity contribution is -0.0889. The van der Waals surface area contributed by atoms with Crippen LogP contribution in [0.3, 0.4) is 0 Å². The van der Waals surface area contributed by atoms with Crippen molar-refractivity contribution in [2.24, 2.45) is 5.92 Å². The number of benzene rings is 1. The van der Waals surface area contributed by atoms with Gasteiger partial charge in [0.05, 0.1) is 18.6 Å². The molecule has 0 saturated carbocycles. The number of hydrogen-bond acceptors (Lipinski definition) is 7. The molecular formula is C22H25N3O3S. The number of rotatable bonds is 5. The maximum absolute atomic E-state index is 5.74. The summed E-state index contributed by atoms with van der Waals surface area (Å²) in [6.07, 6.45) is 2.05. The second-order valence-corrected chi connectivity index (χ2v) is 8.38. The van der Waals surface area contributed by atoms with E-state index in [4.69, 9.17) is 24.2 Å². The van der Waals surface area contributed by atoms with Gasteiger partial charge in [-0.25, -0.2) is 9.97 Å². The van der Waals surface area contributed by atoms with Crippen LogP contribution in [-0.4, -0.2) is 49.7 Å². The average molecular weight is 412 g/mol. The first-order chi connectivity index (χ1) is 14.3. The summed E-state index contributed by atoms with van der Waals surface area (Å²) >= 11 is 1.67. The number of hydrogen-bond donors (Lipinski definition) is 0. The Morgan fingerprint density at radius 3 is 2.59 bits per heavy atom. The maximum atomic E-state index is 5.74. The van der Waals surface area contributed by atoms with Gasteiger partial charge in [0, 0.05) is 37.1 Å². The number of ether oxygens (including phenoxy) is 3. The van der Waals surface area contributed by atoms with E-state index >= 15 is 0 Å². The topological polar surface area (TPSA) is 56.7 Å². The molecule has 2 saturated heterocycles. The molecule has 5 rings (SSSR count). The highest BCUT2D eigenvalue weighted by Gasteiger charge is 2.32. The zero-order valence-corrected chi connectivity index (χ0v) is 17.4. The minimum absolute atomic E-state index is 0.0346. The van der Waals surface area contributed by atoms with E-state index in [2.05, 4.69) is 34.5 Å². The molecule has 29 heavy (non-hydrogen) atoms. The van der Waals surface area contributed by atoms with E-state index in [0.717, 1.165) is 47.8 Å². The highest BCUT2D eigenvalue weighted by Crippen LogP contribution is 2.39. The normalized spacial score (nSPS) is 18.7. The molecular weight excluding hydrogens is 386 g/mol. The Morgan fingerprint density at radius 2 is 1.86 bits per heavy atom. The van der Waals surface area contributed by atoms with E-state index in [1.165, 1.54) is 11.1 Å². The monoisotopic (exact) mass is 411 g/mol. The molecule has 2 aromatic heterocycles. The summed E-state index contributed by atoms with van der Waals surface area (Å²) in [5.41, 5.74) is 2.40. The predicted octanol–water partition coefficient (Wildman–Crippen LogP) is 4.09. The summed E-state index contributed by atoms with van der Waals surface area (Å²) in [6, 6.07) is 10.5. The Hall–Kier alpha value is -2.06. The Balaban J connectivity index is 1.50. The van der Waals surface area contributed by atoms with E-state index in [1.807, 2.05) is 6.07 Å². The molecule has 0 amide bonds. The first-order valence-electron chi connectivity index (χ1n) is 10.1. The number of methoxy groups -OCH3 is 1. The van der Waals surface area contributed by atoms with E-state index < -0.39 is 0 Å². The SMILES string of the molecule is COCc1nc(N2CCC(C3OCCO3)CC2)c2c(-c3ccccc3)csc2n1. The number of aromatic nitrogens is 2. The minimum Gasteiger partial charge on any atom is -0.377 e. The van der Waals surface area contributed by atoms with Crippen LogP contribution in [0.5, 0.6) is 0 Å². The molecule has 2 aliphatic rings. The van der Waals surface area contributed by atoms with Crippen molar-refractivity contribution in [3.8, 4) is 11.1 Å². The third-order valence-corrected chi connectivity index (χ3v) is 6.56. The molecule has 0 atom stereocenters. The lowest BCUT2D eigenvalue weighted by Gasteiger charge is -2.35. The smallest absolute Gasteiger partial charge is 0.160 e.